The number of hydrogen-bond donors (Lipinski definition) is 2. The zero-order valence-electron chi connectivity index (χ0n) is 16.0. The number of aryl methyl sites for hydroxylation is 2. The number of anilines is 1. The molecule has 0 bridgehead atoms. The van der Waals surface area contributed by atoms with E-state index in [9.17, 15) is 14.4 Å². The van der Waals surface area contributed by atoms with Gasteiger partial charge in [0.1, 0.15) is 5.75 Å². The van der Waals surface area contributed by atoms with E-state index in [0.717, 1.165) is 23.2 Å². The van der Waals surface area contributed by atoms with Gasteiger partial charge in [0.25, 0.3) is 11.8 Å². The Labute approximate surface area is 163 Å². The zero-order chi connectivity index (χ0) is 20.1. The molecule has 146 valence electrons. The van der Waals surface area contributed by atoms with Gasteiger partial charge < -0.3 is 9.64 Å². The number of hydrogen-bond acceptors (Lipinski definition) is 4. The van der Waals surface area contributed by atoms with Crippen molar-refractivity contribution in [1.29, 1.82) is 0 Å². The maximum atomic E-state index is 12.2. The molecule has 1 heterocycles. The lowest BCUT2D eigenvalue weighted by Gasteiger charge is -2.16. The monoisotopic (exact) mass is 381 g/mol. The smallest absolute Gasteiger partial charge is 0.276 e. The Kier molecular flexibility index (Phi) is 5.93. The van der Waals surface area contributed by atoms with Crippen LogP contribution in [-0.2, 0) is 9.59 Å². The van der Waals surface area contributed by atoms with Gasteiger partial charge in [0, 0.05) is 30.3 Å². The molecule has 0 aliphatic carbocycles. The summed E-state index contributed by atoms with van der Waals surface area (Å²) in [4.78, 5) is 37.7. The molecule has 0 aromatic heterocycles. The summed E-state index contributed by atoms with van der Waals surface area (Å²) in [6.07, 6.45) is 1.39. The second kappa shape index (κ2) is 8.56. The van der Waals surface area contributed by atoms with Crippen molar-refractivity contribution in [2.24, 2.45) is 0 Å². The van der Waals surface area contributed by atoms with Crippen molar-refractivity contribution in [1.82, 2.24) is 10.9 Å². The maximum Gasteiger partial charge on any atom is 0.276 e. The second-order valence-corrected chi connectivity index (χ2v) is 6.76. The second-order valence-electron chi connectivity index (χ2n) is 6.76. The van der Waals surface area contributed by atoms with Crippen molar-refractivity contribution in [3.05, 3.63) is 59.2 Å². The van der Waals surface area contributed by atoms with Gasteiger partial charge in [0.15, 0.2) is 6.61 Å². The van der Waals surface area contributed by atoms with Gasteiger partial charge in [-0.05, 0) is 44.0 Å². The molecule has 0 saturated carbocycles. The van der Waals surface area contributed by atoms with Crippen molar-refractivity contribution in [3.63, 3.8) is 0 Å². The Morgan fingerprint density at radius 3 is 2.64 bits per heavy atom. The Balaban J connectivity index is 1.50. The minimum Gasteiger partial charge on any atom is -0.484 e. The summed E-state index contributed by atoms with van der Waals surface area (Å²) in [6.45, 7) is 4.21. The Hall–Kier alpha value is -3.35. The number of amides is 3. The van der Waals surface area contributed by atoms with Crippen molar-refractivity contribution < 1.29 is 19.1 Å². The number of rotatable bonds is 5. The van der Waals surface area contributed by atoms with Gasteiger partial charge in [-0.2, -0.15) is 0 Å². The number of carbonyl (C=O) groups is 3. The van der Waals surface area contributed by atoms with Gasteiger partial charge in [0.05, 0.1) is 0 Å². The average Bonchev–Trinajstić information content (AvgIpc) is 3.10. The number of nitrogens with zero attached hydrogens (tertiary/aromatic N) is 1. The van der Waals surface area contributed by atoms with Gasteiger partial charge in [-0.3, -0.25) is 25.2 Å². The van der Waals surface area contributed by atoms with Crippen LogP contribution in [0.2, 0.25) is 0 Å². The zero-order valence-corrected chi connectivity index (χ0v) is 16.0. The van der Waals surface area contributed by atoms with Crippen LogP contribution in [0.5, 0.6) is 5.75 Å². The first-order chi connectivity index (χ1) is 13.4. The Bertz CT molecular complexity index is 910. The number of hydrazine groups is 1. The first-order valence-corrected chi connectivity index (χ1v) is 9.14. The Morgan fingerprint density at radius 2 is 1.93 bits per heavy atom. The average molecular weight is 381 g/mol. The van der Waals surface area contributed by atoms with Crippen LogP contribution < -0.4 is 20.5 Å². The molecule has 0 atom stereocenters. The fraction of sp³-hybridized carbons (Fsp3) is 0.286. The molecule has 0 unspecified atom stereocenters. The third-order valence-electron chi connectivity index (χ3n) is 4.51. The fourth-order valence-electron chi connectivity index (χ4n) is 3.11. The van der Waals surface area contributed by atoms with Crippen LogP contribution in [0, 0.1) is 13.8 Å². The summed E-state index contributed by atoms with van der Waals surface area (Å²) < 4.78 is 5.48. The topological polar surface area (TPSA) is 87.7 Å². The third-order valence-corrected chi connectivity index (χ3v) is 4.51. The summed E-state index contributed by atoms with van der Waals surface area (Å²) in [5.74, 6) is -0.307. The molecular formula is C21H23N3O4. The third kappa shape index (κ3) is 4.68. The van der Waals surface area contributed by atoms with Crippen LogP contribution in [-0.4, -0.2) is 30.9 Å². The lowest BCUT2D eigenvalue weighted by atomic mass is 10.1. The number of nitrogens with one attached hydrogen (secondary N) is 2. The molecule has 0 spiro atoms. The lowest BCUT2D eigenvalue weighted by molar-refractivity contribution is -0.123. The van der Waals surface area contributed by atoms with E-state index in [4.69, 9.17) is 4.74 Å². The Morgan fingerprint density at radius 1 is 1.11 bits per heavy atom. The SMILES string of the molecule is Cc1ccc(C(=O)NNC(=O)COc2cccc(N3CCCC3=O)c2)c(C)c1. The van der Waals surface area contributed by atoms with Gasteiger partial charge in [-0.15, -0.1) is 0 Å². The van der Waals surface area contributed by atoms with Gasteiger partial charge in [0.2, 0.25) is 5.91 Å². The van der Waals surface area contributed by atoms with Crippen LogP contribution in [0.1, 0.15) is 34.3 Å². The molecule has 28 heavy (non-hydrogen) atoms. The van der Waals surface area contributed by atoms with Crippen molar-refractivity contribution in [2.45, 2.75) is 26.7 Å². The van der Waals surface area contributed by atoms with Crippen LogP contribution in [0.4, 0.5) is 5.69 Å². The quantitative estimate of drug-likeness (QED) is 0.778. The maximum absolute atomic E-state index is 12.2. The molecule has 1 saturated heterocycles. The van der Waals surface area contributed by atoms with E-state index < -0.39 is 5.91 Å². The molecule has 7 heteroatoms. The van der Waals surface area contributed by atoms with E-state index >= 15 is 0 Å². The molecule has 2 N–H and O–H groups in total. The standard InChI is InChI=1S/C21H23N3O4/c1-14-8-9-18(15(2)11-14)21(27)23-22-19(25)13-28-17-6-3-5-16(12-17)24-10-4-7-20(24)26/h3,5-6,8-9,11-12H,4,7,10,13H2,1-2H3,(H,22,25)(H,23,27). The lowest BCUT2D eigenvalue weighted by Crippen LogP contribution is -2.44. The highest BCUT2D eigenvalue weighted by atomic mass is 16.5. The van der Waals surface area contributed by atoms with Crippen LogP contribution >= 0.6 is 0 Å². The van der Waals surface area contributed by atoms with Gasteiger partial charge in [-0.1, -0.05) is 23.8 Å². The predicted molar refractivity (Wildman–Crippen MR) is 105 cm³/mol. The molecule has 1 aliphatic heterocycles. The minimum atomic E-state index is -0.485. The van der Waals surface area contributed by atoms with E-state index in [0.29, 0.717) is 24.3 Å². The molecule has 2 aromatic rings. The highest BCUT2D eigenvalue weighted by Gasteiger charge is 2.21. The summed E-state index contributed by atoms with van der Waals surface area (Å²) in [7, 11) is 0. The number of ether oxygens (including phenoxy) is 1. The first kappa shape index (κ1) is 19.4. The molecular weight excluding hydrogens is 358 g/mol. The van der Waals surface area contributed by atoms with E-state index in [2.05, 4.69) is 10.9 Å². The van der Waals surface area contributed by atoms with Gasteiger partial charge >= 0.3 is 0 Å². The number of benzene rings is 2. The molecule has 1 fully saturated rings. The van der Waals surface area contributed by atoms with E-state index in [-0.39, 0.29) is 18.4 Å². The van der Waals surface area contributed by atoms with Crippen LogP contribution in [0.25, 0.3) is 0 Å². The highest BCUT2D eigenvalue weighted by molar-refractivity contribution is 5.97. The summed E-state index contributed by atoms with van der Waals surface area (Å²) in [5, 5.41) is 0. The number of carbonyl (C=O) groups excluding carboxylic acids is 3. The first-order valence-electron chi connectivity index (χ1n) is 9.14. The molecule has 1 aliphatic rings. The normalized spacial score (nSPS) is 13.4. The summed E-state index contributed by atoms with van der Waals surface area (Å²) in [6, 6.07) is 12.5. The van der Waals surface area contributed by atoms with Crippen LogP contribution in [0.15, 0.2) is 42.5 Å². The molecule has 3 rings (SSSR count). The van der Waals surface area contributed by atoms with Crippen molar-refractivity contribution >= 4 is 23.4 Å². The minimum absolute atomic E-state index is 0.0870. The largest absolute Gasteiger partial charge is 0.484 e. The molecule has 3 amide bonds. The molecule has 0 radical (unpaired) electrons. The highest BCUT2D eigenvalue weighted by Crippen LogP contribution is 2.25. The van der Waals surface area contributed by atoms with E-state index in [1.165, 1.54) is 0 Å². The van der Waals surface area contributed by atoms with E-state index in [1.54, 1.807) is 29.2 Å². The van der Waals surface area contributed by atoms with Crippen LogP contribution in [0.3, 0.4) is 0 Å². The van der Waals surface area contributed by atoms with Crippen molar-refractivity contribution in [2.75, 3.05) is 18.1 Å². The molecule has 2 aromatic carbocycles. The van der Waals surface area contributed by atoms with Gasteiger partial charge in [-0.25, -0.2) is 0 Å². The molecule has 7 nitrogen and oxygen atoms in total. The predicted octanol–water partition coefficient (Wildman–Crippen LogP) is 2.27. The summed E-state index contributed by atoms with van der Waals surface area (Å²) >= 11 is 0. The van der Waals surface area contributed by atoms with E-state index in [1.807, 2.05) is 32.0 Å². The summed E-state index contributed by atoms with van der Waals surface area (Å²) in [5.41, 5.74) is 7.87. The fourth-order valence-corrected chi connectivity index (χ4v) is 3.11. The van der Waals surface area contributed by atoms with Crippen molar-refractivity contribution in [3.8, 4) is 5.75 Å².